The molecular weight excluding hydrogens is 198 g/mol. The van der Waals surface area contributed by atoms with Gasteiger partial charge < -0.3 is 0 Å². The molecule has 1 aromatic heterocycles. The van der Waals surface area contributed by atoms with Gasteiger partial charge in [-0.05, 0) is 12.0 Å². The van der Waals surface area contributed by atoms with Crippen molar-refractivity contribution in [3.8, 4) is 0 Å². The molecule has 82 valence electrons. The molecule has 2 aromatic rings. The molecule has 3 nitrogen and oxygen atoms in total. The van der Waals surface area contributed by atoms with E-state index in [1.807, 2.05) is 11.7 Å². The lowest BCUT2D eigenvalue weighted by Crippen LogP contribution is -2.37. The number of benzene rings is 1. The van der Waals surface area contributed by atoms with Gasteiger partial charge >= 0.3 is 0 Å². The normalized spacial score (nSPS) is 18.7. The predicted octanol–water partition coefficient (Wildman–Crippen LogP) is 1.44. The fourth-order valence-corrected chi connectivity index (χ4v) is 2.51. The zero-order valence-corrected chi connectivity index (χ0v) is 9.50. The Morgan fingerprint density at radius 2 is 2.19 bits per heavy atom. The topological polar surface area (TPSA) is 21.7 Å². The minimum absolute atomic E-state index is 0.589. The number of fused-ring (bicyclic) bond motifs is 1. The molecular formula is C13H16N3+. The summed E-state index contributed by atoms with van der Waals surface area (Å²) in [5, 5.41) is 4.46. The van der Waals surface area contributed by atoms with Crippen LogP contribution in [0.1, 0.15) is 23.9 Å². The van der Waals surface area contributed by atoms with Crippen molar-refractivity contribution < 1.29 is 4.57 Å². The molecule has 0 radical (unpaired) electrons. The minimum Gasteiger partial charge on any atom is -0.231 e. The van der Waals surface area contributed by atoms with Crippen molar-refractivity contribution in [2.45, 2.75) is 25.3 Å². The Bertz CT molecular complexity index is 487. The van der Waals surface area contributed by atoms with Crippen molar-refractivity contribution in [3.05, 3.63) is 48.0 Å². The van der Waals surface area contributed by atoms with Crippen LogP contribution in [0.4, 0.5) is 0 Å². The maximum atomic E-state index is 4.46. The van der Waals surface area contributed by atoms with E-state index in [4.69, 9.17) is 0 Å². The molecule has 1 aromatic carbocycles. The lowest BCUT2D eigenvalue weighted by atomic mass is 10.0. The molecule has 0 unspecified atom stereocenters. The number of aromatic nitrogens is 3. The molecule has 0 saturated heterocycles. The molecule has 16 heavy (non-hydrogen) atoms. The van der Waals surface area contributed by atoms with Gasteiger partial charge in [0.15, 0.2) is 0 Å². The lowest BCUT2D eigenvalue weighted by molar-refractivity contribution is -0.716. The van der Waals surface area contributed by atoms with Crippen LogP contribution in [0, 0.1) is 0 Å². The van der Waals surface area contributed by atoms with Crippen molar-refractivity contribution in [2.75, 3.05) is 0 Å². The number of nitrogens with zero attached hydrogens (tertiary/aromatic N) is 3. The number of hydrogen-bond donors (Lipinski definition) is 0. The summed E-state index contributed by atoms with van der Waals surface area (Å²) in [4.78, 5) is 0. The average Bonchev–Trinajstić information content (AvgIpc) is 2.81. The Kier molecular flexibility index (Phi) is 2.24. The molecule has 1 aliphatic heterocycles. The zero-order valence-electron chi connectivity index (χ0n) is 9.50. The second-order valence-electron chi connectivity index (χ2n) is 4.49. The predicted molar refractivity (Wildman–Crippen MR) is 60.9 cm³/mol. The van der Waals surface area contributed by atoms with Crippen molar-refractivity contribution in [3.63, 3.8) is 0 Å². The fourth-order valence-electron chi connectivity index (χ4n) is 2.51. The van der Waals surface area contributed by atoms with E-state index in [1.165, 1.54) is 17.8 Å². The minimum atomic E-state index is 0.589. The molecule has 0 N–H and O–H groups in total. The standard InChI is InChI=1S/C13H16N3/c1-15-10-16-12(7-8-13(16)14-15)9-11-5-3-2-4-6-11/h2-6,10,12H,7-9H2,1H3/q+1/t12-/m0/s1. The highest BCUT2D eigenvalue weighted by Gasteiger charge is 2.30. The Hall–Kier alpha value is -1.64. The van der Waals surface area contributed by atoms with Crippen LogP contribution in [0.3, 0.4) is 0 Å². The van der Waals surface area contributed by atoms with Gasteiger partial charge in [-0.3, -0.25) is 0 Å². The monoisotopic (exact) mass is 214 g/mol. The third kappa shape index (κ3) is 1.62. The summed E-state index contributed by atoms with van der Waals surface area (Å²) in [6.07, 6.45) is 5.55. The van der Waals surface area contributed by atoms with Gasteiger partial charge in [-0.15, -0.1) is 4.68 Å². The van der Waals surface area contributed by atoms with E-state index in [9.17, 15) is 0 Å². The molecule has 0 fully saturated rings. The average molecular weight is 214 g/mol. The van der Waals surface area contributed by atoms with Crippen LogP contribution in [0.5, 0.6) is 0 Å². The van der Waals surface area contributed by atoms with Crippen molar-refractivity contribution in [2.24, 2.45) is 7.05 Å². The summed E-state index contributed by atoms with van der Waals surface area (Å²) in [7, 11) is 1.99. The van der Waals surface area contributed by atoms with Crippen LogP contribution in [-0.4, -0.2) is 9.78 Å². The van der Waals surface area contributed by atoms with E-state index < -0.39 is 0 Å². The molecule has 1 aliphatic rings. The van der Waals surface area contributed by atoms with E-state index in [-0.39, 0.29) is 0 Å². The summed E-state index contributed by atoms with van der Waals surface area (Å²) in [5.74, 6) is 1.23. The quantitative estimate of drug-likeness (QED) is 0.693. The van der Waals surface area contributed by atoms with Gasteiger partial charge in [-0.2, -0.15) is 0 Å². The van der Waals surface area contributed by atoms with E-state index in [0.29, 0.717) is 6.04 Å². The van der Waals surface area contributed by atoms with Gasteiger partial charge in [-0.1, -0.05) is 30.3 Å². The van der Waals surface area contributed by atoms with Gasteiger partial charge in [-0.25, -0.2) is 4.57 Å². The molecule has 3 heteroatoms. The summed E-state index contributed by atoms with van der Waals surface area (Å²) >= 11 is 0. The first-order valence-electron chi connectivity index (χ1n) is 5.80. The number of hydrogen-bond acceptors (Lipinski definition) is 1. The molecule has 2 heterocycles. The number of aryl methyl sites for hydroxylation is 2. The van der Waals surface area contributed by atoms with Crippen LogP contribution >= 0.6 is 0 Å². The first kappa shape index (κ1) is 9.58. The Morgan fingerprint density at radius 1 is 1.38 bits per heavy atom. The molecule has 0 aliphatic carbocycles. The third-order valence-corrected chi connectivity index (χ3v) is 3.27. The van der Waals surface area contributed by atoms with E-state index in [1.54, 1.807) is 0 Å². The zero-order chi connectivity index (χ0) is 11.0. The van der Waals surface area contributed by atoms with Crippen LogP contribution in [-0.2, 0) is 19.9 Å². The summed E-state index contributed by atoms with van der Waals surface area (Å²) in [6, 6.07) is 11.3. The number of rotatable bonds is 2. The first-order chi connectivity index (χ1) is 7.83. The third-order valence-electron chi connectivity index (χ3n) is 3.27. The molecule has 3 rings (SSSR count). The Labute approximate surface area is 95.3 Å². The summed E-state index contributed by atoms with van der Waals surface area (Å²) in [6.45, 7) is 0. The highest BCUT2D eigenvalue weighted by atomic mass is 15.4. The maximum absolute atomic E-state index is 4.46. The Morgan fingerprint density at radius 3 is 3.00 bits per heavy atom. The SMILES string of the molecule is Cn1c[n+]2c(n1)CC[C@H]2Cc1ccccc1. The second kappa shape index (κ2) is 3.74. The van der Waals surface area contributed by atoms with Crippen LogP contribution in [0.15, 0.2) is 36.7 Å². The maximum Gasteiger partial charge on any atom is 0.277 e. The van der Waals surface area contributed by atoms with Crippen molar-refractivity contribution >= 4 is 0 Å². The largest absolute Gasteiger partial charge is 0.277 e. The van der Waals surface area contributed by atoms with Crippen molar-refractivity contribution in [1.82, 2.24) is 9.78 Å². The van der Waals surface area contributed by atoms with Gasteiger partial charge in [0.1, 0.15) is 0 Å². The van der Waals surface area contributed by atoms with Crippen LogP contribution < -0.4 is 4.57 Å². The van der Waals surface area contributed by atoms with Gasteiger partial charge in [0.2, 0.25) is 6.33 Å². The van der Waals surface area contributed by atoms with E-state index in [2.05, 4.69) is 46.3 Å². The summed E-state index contributed by atoms with van der Waals surface area (Å²) in [5.41, 5.74) is 1.41. The molecule has 0 saturated carbocycles. The van der Waals surface area contributed by atoms with Crippen LogP contribution in [0.25, 0.3) is 0 Å². The smallest absolute Gasteiger partial charge is 0.231 e. The van der Waals surface area contributed by atoms with Crippen molar-refractivity contribution in [1.29, 1.82) is 0 Å². The van der Waals surface area contributed by atoms with Gasteiger partial charge in [0, 0.05) is 17.9 Å². The lowest BCUT2D eigenvalue weighted by Gasteiger charge is -2.08. The van der Waals surface area contributed by atoms with E-state index >= 15 is 0 Å². The van der Waals surface area contributed by atoms with E-state index in [0.717, 1.165) is 12.8 Å². The molecule has 0 amide bonds. The Balaban J connectivity index is 1.83. The molecule has 1 atom stereocenters. The van der Waals surface area contributed by atoms with Crippen LogP contribution in [0.2, 0.25) is 0 Å². The highest BCUT2D eigenvalue weighted by molar-refractivity contribution is 5.15. The summed E-state index contributed by atoms with van der Waals surface area (Å²) < 4.78 is 4.24. The fraction of sp³-hybridized carbons (Fsp3) is 0.385. The molecule has 0 bridgehead atoms. The van der Waals surface area contributed by atoms with Gasteiger partial charge in [0.25, 0.3) is 5.82 Å². The second-order valence-corrected chi connectivity index (χ2v) is 4.49. The van der Waals surface area contributed by atoms with Gasteiger partial charge in [0.05, 0.1) is 13.1 Å². The first-order valence-corrected chi connectivity index (χ1v) is 5.80. The molecule has 0 spiro atoms. The highest BCUT2D eigenvalue weighted by Crippen LogP contribution is 2.19.